The van der Waals surface area contributed by atoms with Crippen LogP contribution < -0.4 is 15.5 Å². The maximum atomic E-state index is 13.4. The second-order valence-electron chi connectivity index (χ2n) is 8.87. The van der Waals surface area contributed by atoms with Gasteiger partial charge in [0, 0.05) is 16.4 Å². The second kappa shape index (κ2) is 13.0. The first kappa shape index (κ1) is 29.8. The van der Waals surface area contributed by atoms with Crippen molar-refractivity contribution in [3.63, 3.8) is 0 Å². The number of methoxy groups -OCH3 is 1. The van der Waals surface area contributed by atoms with Crippen LogP contribution in [-0.2, 0) is 35.2 Å². The summed E-state index contributed by atoms with van der Waals surface area (Å²) in [5.74, 6) is -2.99. The van der Waals surface area contributed by atoms with E-state index in [0.29, 0.717) is 33.4 Å². The molecule has 0 unspecified atom stereocenters. The molecular formula is C30H26ClN3O8. The molecule has 2 N–H and O–H groups in total. The van der Waals surface area contributed by atoms with Gasteiger partial charge in [-0.15, -0.1) is 0 Å². The van der Waals surface area contributed by atoms with Gasteiger partial charge in [0.15, 0.2) is 0 Å². The van der Waals surface area contributed by atoms with Crippen molar-refractivity contribution < 1.29 is 37.9 Å². The third-order valence-electron chi connectivity index (χ3n) is 6.11. The molecule has 0 atom stereocenters. The van der Waals surface area contributed by atoms with Gasteiger partial charge < -0.3 is 24.5 Å². The van der Waals surface area contributed by atoms with E-state index in [1.54, 1.807) is 50.2 Å². The van der Waals surface area contributed by atoms with Gasteiger partial charge >= 0.3 is 23.8 Å². The van der Waals surface area contributed by atoms with Gasteiger partial charge in [0.1, 0.15) is 11.5 Å². The number of carbonyl (C=O) groups is 5. The lowest BCUT2D eigenvalue weighted by Gasteiger charge is -2.18. The number of ether oxygens (including phenoxy) is 2. The monoisotopic (exact) mass is 591 g/mol. The minimum Gasteiger partial charge on any atom is -0.465 e. The highest BCUT2D eigenvalue weighted by Gasteiger charge is 2.38. The molecule has 11 nitrogen and oxygen atoms in total. The zero-order chi connectivity index (χ0) is 30.4. The molecular weight excluding hydrogens is 566 g/mol. The zero-order valence-electron chi connectivity index (χ0n) is 22.9. The highest BCUT2D eigenvalue weighted by molar-refractivity contribution is 6.39. The first-order valence-corrected chi connectivity index (χ1v) is 13.1. The van der Waals surface area contributed by atoms with Gasteiger partial charge in [-0.05, 0) is 74.5 Å². The average molecular weight is 592 g/mol. The summed E-state index contributed by atoms with van der Waals surface area (Å²) >= 11 is 6.11. The number of nitrogens with one attached hydrogen (secondary N) is 2. The number of carbonyl (C=O) groups excluding carboxylic acids is 5. The van der Waals surface area contributed by atoms with Crippen molar-refractivity contribution in [3.8, 4) is 0 Å². The molecule has 1 aliphatic rings. The van der Waals surface area contributed by atoms with Crippen LogP contribution in [0.2, 0.25) is 5.02 Å². The van der Waals surface area contributed by atoms with Gasteiger partial charge in [0.2, 0.25) is 0 Å². The van der Waals surface area contributed by atoms with Crippen molar-refractivity contribution in [3.05, 3.63) is 99.6 Å². The Morgan fingerprint density at radius 2 is 1.74 bits per heavy atom. The van der Waals surface area contributed by atoms with Gasteiger partial charge in [-0.25, -0.2) is 9.59 Å². The lowest BCUT2D eigenvalue weighted by Crippen LogP contribution is -2.34. The smallest absolute Gasteiger partial charge is 0.340 e. The number of halogens is 1. The summed E-state index contributed by atoms with van der Waals surface area (Å²) in [6.07, 6.45) is 1.40. The van der Waals surface area contributed by atoms with Crippen LogP contribution in [0, 0.1) is 0 Å². The van der Waals surface area contributed by atoms with Crippen LogP contribution in [0.25, 0.3) is 6.08 Å². The Bertz CT molecular complexity index is 1620. The number of rotatable bonds is 8. The quantitative estimate of drug-likeness (QED) is 0.225. The van der Waals surface area contributed by atoms with Gasteiger partial charge in [-0.2, -0.15) is 0 Å². The van der Waals surface area contributed by atoms with Crippen LogP contribution in [-0.4, -0.2) is 43.4 Å². The number of nitrogens with zero attached hydrogens (tertiary/aromatic N) is 1. The van der Waals surface area contributed by atoms with E-state index in [2.05, 4.69) is 10.6 Å². The molecule has 4 rings (SSSR count). The summed E-state index contributed by atoms with van der Waals surface area (Å²) in [7, 11) is 1.22. The summed E-state index contributed by atoms with van der Waals surface area (Å²) in [4.78, 5) is 63.7. The van der Waals surface area contributed by atoms with Crippen molar-refractivity contribution in [2.24, 2.45) is 0 Å². The van der Waals surface area contributed by atoms with E-state index in [-0.39, 0.29) is 30.1 Å². The molecule has 1 aromatic heterocycles. The van der Waals surface area contributed by atoms with E-state index in [1.165, 1.54) is 42.4 Å². The molecule has 0 bridgehead atoms. The van der Waals surface area contributed by atoms with Crippen LogP contribution in [0.3, 0.4) is 0 Å². The van der Waals surface area contributed by atoms with E-state index in [0.717, 1.165) is 0 Å². The van der Waals surface area contributed by atoms with Gasteiger partial charge in [0.05, 0.1) is 42.7 Å². The van der Waals surface area contributed by atoms with Crippen LogP contribution in [0.4, 0.5) is 11.4 Å². The molecule has 0 spiro atoms. The molecule has 0 radical (unpaired) electrons. The summed E-state index contributed by atoms with van der Waals surface area (Å²) in [5.41, 5.74) is 1.58. The number of allylic oxidation sites excluding steroid dienone is 1. The summed E-state index contributed by atoms with van der Waals surface area (Å²) < 4.78 is 15.5. The fourth-order valence-electron chi connectivity index (χ4n) is 4.16. The Labute approximate surface area is 245 Å². The molecule has 3 amide bonds. The van der Waals surface area contributed by atoms with Crippen molar-refractivity contribution in [2.45, 2.75) is 20.4 Å². The maximum absolute atomic E-state index is 13.4. The van der Waals surface area contributed by atoms with Gasteiger partial charge in [0.25, 0.3) is 5.91 Å². The second-order valence-corrected chi connectivity index (χ2v) is 9.31. The number of amides is 3. The fourth-order valence-corrected chi connectivity index (χ4v) is 4.34. The lowest BCUT2D eigenvalue weighted by atomic mass is 10.1. The van der Waals surface area contributed by atoms with Crippen LogP contribution >= 0.6 is 11.6 Å². The Balaban J connectivity index is 1.43. The standard InChI is InChI=1S/C30H26ClN3O8/c1-4-41-29(38)18-8-10-20(11-9-18)33-27(36)26(35)32-16-23-13-12-22(42-23)15-24-25(30(39)40-3)17(2)34(28(24)37)21-7-5-6-19(31)14-21/h5-15H,4,16H2,1-3H3,(H,32,35)(H,33,36)/b24-15+. The lowest BCUT2D eigenvalue weighted by molar-refractivity contribution is -0.136. The van der Waals surface area contributed by atoms with Crippen molar-refractivity contribution >= 4 is 58.7 Å². The minimum atomic E-state index is -0.922. The summed E-state index contributed by atoms with van der Waals surface area (Å²) in [5, 5.41) is 5.31. The van der Waals surface area contributed by atoms with E-state index < -0.39 is 29.7 Å². The number of hydrogen-bond donors (Lipinski definition) is 2. The van der Waals surface area contributed by atoms with E-state index in [9.17, 15) is 24.0 Å². The van der Waals surface area contributed by atoms with E-state index in [4.69, 9.17) is 25.5 Å². The topological polar surface area (TPSA) is 144 Å². The molecule has 1 aliphatic heterocycles. The summed E-state index contributed by atoms with van der Waals surface area (Å²) in [6, 6.07) is 15.6. The molecule has 2 aromatic carbocycles. The summed E-state index contributed by atoms with van der Waals surface area (Å²) in [6.45, 7) is 3.42. The Hall–Kier alpha value is -5.16. The third kappa shape index (κ3) is 6.58. The molecule has 0 saturated carbocycles. The van der Waals surface area contributed by atoms with Crippen molar-refractivity contribution in [2.75, 3.05) is 23.9 Å². The molecule has 0 aliphatic carbocycles. The molecule has 42 heavy (non-hydrogen) atoms. The molecule has 216 valence electrons. The van der Waals surface area contributed by atoms with Crippen molar-refractivity contribution in [1.82, 2.24) is 5.32 Å². The highest BCUT2D eigenvalue weighted by Crippen LogP contribution is 2.36. The minimum absolute atomic E-state index is 0.0533. The Morgan fingerprint density at radius 1 is 1.00 bits per heavy atom. The highest BCUT2D eigenvalue weighted by atomic mass is 35.5. The number of anilines is 2. The zero-order valence-corrected chi connectivity index (χ0v) is 23.6. The number of esters is 2. The molecule has 0 saturated heterocycles. The number of furan rings is 1. The molecule has 3 aromatic rings. The normalized spacial score (nSPS) is 13.8. The van der Waals surface area contributed by atoms with Gasteiger partial charge in [-0.1, -0.05) is 17.7 Å². The fraction of sp³-hybridized carbons (Fsp3) is 0.167. The SMILES string of the molecule is CCOC(=O)c1ccc(NC(=O)C(=O)NCc2ccc(/C=C3/C(=O)N(c4cccc(Cl)c4)C(C)=C3C(=O)OC)o2)cc1. The van der Waals surface area contributed by atoms with Gasteiger partial charge in [-0.3, -0.25) is 19.3 Å². The maximum Gasteiger partial charge on any atom is 0.340 e. The molecule has 12 heteroatoms. The van der Waals surface area contributed by atoms with E-state index in [1.807, 2.05) is 0 Å². The third-order valence-corrected chi connectivity index (χ3v) is 6.34. The Morgan fingerprint density at radius 3 is 2.40 bits per heavy atom. The molecule has 2 heterocycles. The first-order chi connectivity index (χ1) is 20.1. The van der Waals surface area contributed by atoms with Crippen LogP contribution in [0.5, 0.6) is 0 Å². The van der Waals surface area contributed by atoms with Crippen molar-refractivity contribution in [1.29, 1.82) is 0 Å². The van der Waals surface area contributed by atoms with E-state index >= 15 is 0 Å². The first-order valence-electron chi connectivity index (χ1n) is 12.7. The number of hydrogen-bond acceptors (Lipinski definition) is 8. The average Bonchev–Trinajstić information content (AvgIpc) is 3.52. The van der Waals surface area contributed by atoms with Crippen LogP contribution in [0.1, 0.15) is 35.7 Å². The Kier molecular flexibility index (Phi) is 9.23. The number of benzene rings is 2. The largest absolute Gasteiger partial charge is 0.465 e. The van der Waals surface area contributed by atoms with Crippen LogP contribution in [0.15, 0.2) is 81.9 Å². The predicted octanol–water partition coefficient (Wildman–Crippen LogP) is 4.24. The predicted molar refractivity (Wildman–Crippen MR) is 153 cm³/mol. The molecule has 0 fully saturated rings.